The van der Waals surface area contributed by atoms with Crippen molar-refractivity contribution in [1.82, 2.24) is 4.57 Å². The van der Waals surface area contributed by atoms with Gasteiger partial charge in [0.1, 0.15) is 0 Å². The van der Waals surface area contributed by atoms with Crippen molar-refractivity contribution in [3.8, 4) is 61.3 Å². The average molecular weight is 1190 g/mol. The van der Waals surface area contributed by atoms with E-state index in [9.17, 15) is 0 Å². The van der Waals surface area contributed by atoms with Crippen LogP contribution in [0, 0.1) is 0 Å². The molecule has 0 radical (unpaired) electrons. The molecule has 3 heterocycles. The molecule has 92 heavy (non-hydrogen) atoms. The Labute approximate surface area is 543 Å². The second kappa shape index (κ2) is 20.8. The third-order valence-electron chi connectivity index (χ3n) is 21.9. The van der Waals surface area contributed by atoms with Crippen LogP contribution in [-0.2, 0) is 21.7 Å². The summed E-state index contributed by atoms with van der Waals surface area (Å²) in [4.78, 5) is 5.19. The van der Waals surface area contributed by atoms with Crippen LogP contribution >= 0.6 is 0 Å². The Morgan fingerprint density at radius 2 is 0.663 bits per heavy atom. The van der Waals surface area contributed by atoms with Crippen LogP contribution in [0.1, 0.15) is 103 Å². The number of fused-ring (bicyclic) bond motifs is 9. The van der Waals surface area contributed by atoms with Gasteiger partial charge in [-0.1, -0.05) is 250 Å². The van der Waals surface area contributed by atoms with Crippen LogP contribution in [-0.4, -0.2) is 11.3 Å². The summed E-state index contributed by atoms with van der Waals surface area (Å²) >= 11 is 0. The maximum atomic E-state index is 2.61. The molecule has 0 saturated carbocycles. The summed E-state index contributed by atoms with van der Waals surface area (Å²) in [6.07, 6.45) is 4.75. The summed E-state index contributed by atoms with van der Waals surface area (Å²) in [5.41, 5.74) is 32.9. The van der Waals surface area contributed by atoms with E-state index in [0.29, 0.717) is 0 Å². The molecule has 4 aliphatic rings. The Kier molecular flexibility index (Phi) is 12.7. The molecule has 0 bridgehead atoms. The molecular formula is C88H76BN3. The lowest BCUT2D eigenvalue weighted by Gasteiger charge is -2.44. The topological polar surface area (TPSA) is 11.4 Å². The van der Waals surface area contributed by atoms with E-state index in [1.54, 1.807) is 0 Å². The first kappa shape index (κ1) is 56.1. The number of nitrogens with zero attached hydrogens (tertiary/aromatic N) is 3. The number of benzene rings is 12. The van der Waals surface area contributed by atoms with Gasteiger partial charge in [0.25, 0.3) is 6.71 Å². The number of para-hydroxylation sites is 1. The first-order valence-electron chi connectivity index (χ1n) is 33.3. The molecule has 0 saturated heterocycles. The summed E-state index contributed by atoms with van der Waals surface area (Å²) in [6, 6.07) is 102. The van der Waals surface area contributed by atoms with E-state index >= 15 is 0 Å². The Morgan fingerprint density at radius 1 is 0.261 bits per heavy atom. The van der Waals surface area contributed by atoms with Crippen LogP contribution < -0.4 is 26.2 Å². The van der Waals surface area contributed by atoms with E-state index in [0.717, 1.165) is 17.1 Å². The van der Waals surface area contributed by atoms with Crippen molar-refractivity contribution in [2.45, 2.75) is 103 Å². The Morgan fingerprint density at radius 3 is 1.21 bits per heavy atom. The highest BCUT2D eigenvalue weighted by Crippen LogP contribution is 2.52. The second-order valence-electron chi connectivity index (χ2n) is 29.4. The van der Waals surface area contributed by atoms with E-state index < -0.39 is 0 Å². The molecule has 4 heteroatoms. The zero-order valence-electron chi connectivity index (χ0n) is 54.2. The molecule has 0 N–H and O–H groups in total. The molecule has 17 rings (SSSR count). The van der Waals surface area contributed by atoms with Crippen molar-refractivity contribution in [2.24, 2.45) is 0 Å². The number of aromatic nitrogens is 1. The highest BCUT2D eigenvalue weighted by Gasteiger charge is 2.45. The third-order valence-corrected chi connectivity index (χ3v) is 21.9. The minimum atomic E-state index is -0.114. The maximum absolute atomic E-state index is 2.61. The summed E-state index contributed by atoms with van der Waals surface area (Å²) in [6.45, 7) is 19.3. The Bertz CT molecular complexity index is 5090. The molecule has 2 aliphatic heterocycles. The van der Waals surface area contributed by atoms with Crippen molar-refractivity contribution >= 4 is 79.0 Å². The van der Waals surface area contributed by atoms with Crippen LogP contribution in [0.15, 0.2) is 267 Å². The van der Waals surface area contributed by atoms with E-state index in [1.807, 2.05) is 0 Å². The zero-order valence-corrected chi connectivity index (χ0v) is 54.2. The summed E-state index contributed by atoms with van der Waals surface area (Å²) < 4.78 is 2.50. The first-order valence-corrected chi connectivity index (χ1v) is 33.3. The normalized spacial score (nSPS) is 16.2. The van der Waals surface area contributed by atoms with Gasteiger partial charge in [0, 0.05) is 50.6 Å². The smallest absolute Gasteiger partial charge is 0.252 e. The van der Waals surface area contributed by atoms with Gasteiger partial charge < -0.3 is 14.4 Å². The van der Waals surface area contributed by atoms with Crippen LogP contribution in [0.25, 0.3) is 83.1 Å². The van der Waals surface area contributed by atoms with Gasteiger partial charge in [-0.15, -0.1) is 0 Å². The molecular weight excluding hydrogens is 1110 g/mol. The minimum absolute atomic E-state index is 0.100. The number of hydrogen-bond donors (Lipinski definition) is 0. The molecule has 0 spiro atoms. The fourth-order valence-corrected chi connectivity index (χ4v) is 16.5. The van der Waals surface area contributed by atoms with Gasteiger partial charge in [-0.2, -0.15) is 0 Å². The fraction of sp³-hybridized carbons (Fsp3) is 0.182. The SMILES string of the molecule is CC1(C)CCC(C)(C)c2cc(-c3ccc(N4c5ccc(-c6ccccc6)cc5B5c6ccc(-n7c8ccccc8c8cc(-c9ccccc9)ccc87)cc6N(c6ccc(-c7ccc8c(c7)C(C)(C)CCC8(C)C)cc6)c6cc(-c7ccccc7)cc4c65)cc3)ccc21. The molecule has 1 aromatic heterocycles. The van der Waals surface area contributed by atoms with Crippen LogP contribution in [0.2, 0.25) is 0 Å². The molecule has 3 nitrogen and oxygen atoms in total. The van der Waals surface area contributed by atoms with Gasteiger partial charge in [0.2, 0.25) is 0 Å². The van der Waals surface area contributed by atoms with Crippen molar-refractivity contribution in [3.05, 3.63) is 289 Å². The van der Waals surface area contributed by atoms with E-state index in [4.69, 9.17) is 0 Å². The van der Waals surface area contributed by atoms with Gasteiger partial charge in [0.15, 0.2) is 0 Å². The van der Waals surface area contributed by atoms with Gasteiger partial charge in [-0.25, -0.2) is 0 Å². The summed E-state index contributed by atoms with van der Waals surface area (Å²) in [5.74, 6) is 0. The highest BCUT2D eigenvalue weighted by molar-refractivity contribution is 7.00. The number of anilines is 6. The lowest BCUT2D eigenvalue weighted by molar-refractivity contribution is 0.332. The lowest BCUT2D eigenvalue weighted by Crippen LogP contribution is -2.61. The molecule has 2 aliphatic carbocycles. The van der Waals surface area contributed by atoms with E-state index in [1.165, 1.54) is 165 Å². The largest absolute Gasteiger partial charge is 0.311 e. The van der Waals surface area contributed by atoms with Gasteiger partial charge >= 0.3 is 0 Å². The molecule has 0 fully saturated rings. The van der Waals surface area contributed by atoms with Crippen molar-refractivity contribution in [1.29, 1.82) is 0 Å². The standard InChI is InChI=1S/C88H76BN3/c1-85(2)46-48-87(5,6)74-51-63(32-41-72(74)85)60-28-36-67(37-29-60)90-80-45-35-65(58-22-14-10-15-23-58)53-77(80)89-76-43-40-69(92-78-27-19-18-26-70(78)71-50-62(34-44-79(71)92)57-20-12-9-13-21-57)56-81(76)91(83-55-66(54-82(90)84(83)89)59-24-16-11-17-25-59)68-38-30-61(31-39-68)64-33-42-73-75(52-64)88(7,8)49-47-86(73,3)4/h9-45,50-56H,46-49H2,1-8H3. The van der Waals surface area contributed by atoms with Gasteiger partial charge in [-0.05, 0) is 214 Å². The monoisotopic (exact) mass is 1190 g/mol. The average Bonchev–Trinajstić information content (AvgIpc) is 0.716. The summed E-state index contributed by atoms with van der Waals surface area (Å²) in [5, 5.41) is 2.47. The van der Waals surface area contributed by atoms with Crippen molar-refractivity contribution < 1.29 is 0 Å². The zero-order chi connectivity index (χ0) is 62.4. The van der Waals surface area contributed by atoms with Gasteiger partial charge in [0.05, 0.1) is 11.0 Å². The van der Waals surface area contributed by atoms with Gasteiger partial charge in [-0.3, -0.25) is 0 Å². The molecule has 0 amide bonds. The number of rotatable bonds is 8. The predicted octanol–water partition coefficient (Wildman–Crippen LogP) is 21.9. The fourth-order valence-electron chi connectivity index (χ4n) is 16.5. The van der Waals surface area contributed by atoms with Crippen LogP contribution in [0.4, 0.5) is 34.1 Å². The quantitative estimate of drug-likeness (QED) is 0.141. The predicted molar refractivity (Wildman–Crippen MR) is 393 cm³/mol. The molecule has 13 aromatic rings. The van der Waals surface area contributed by atoms with Crippen LogP contribution in [0.5, 0.6) is 0 Å². The second-order valence-corrected chi connectivity index (χ2v) is 29.4. The van der Waals surface area contributed by atoms with Crippen molar-refractivity contribution in [3.63, 3.8) is 0 Å². The summed E-state index contributed by atoms with van der Waals surface area (Å²) in [7, 11) is 0. The van der Waals surface area contributed by atoms with Crippen molar-refractivity contribution in [2.75, 3.05) is 9.80 Å². The molecule has 0 atom stereocenters. The Balaban J connectivity index is 0.900. The third kappa shape index (κ3) is 8.99. The number of hydrogen-bond acceptors (Lipinski definition) is 2. The first-order chi connectivity index (χ1) is 44.6. The molecule has 12 aromatic carbocycles. The minimum Gasteiger partial charge on any atom is -0.311 e. The Hall–Kier alpha value is -9.90. The lowest BCUT2D eigenvalue weighted by atomic mass is 9.33. The molecule has 446 valence electrons. The maximum Gasteiger partial charge on any atom is 0.252 e. The van der Waals surface area contributed by atoms with Crippen LogP contribution in [0.3, 0.4) is 0 Å². The molecule has 0 unspecified atom stereocenters. The van der Waals surface area contributed by atoms with E-state index in [-0.39, 0.29) is 28.4 Å². The van der Waals surface area contributed by atoms with E-state index in [2.05, 4.69) is 337 Å². The highest BCUT2D eigenvalue weighted by atomic mass is 15.2.